The Hall–Kier alpha value is -1.55. The summed E-state index contributed by atoms with van der Waals surface area (Å²) in [6.07, 6.45) is 0. The molecule has 1 rings (SSSR count). The van der Waals surface area contributed by atoms with Crippen molar-refractivity contribution in [1.29, 1.82) is 0 Å². The Bertz CT molecular complexity index is 428. The second-order valence-corrected chi connectivity index (χ2v) is 5.17. The number of likely N-dealkylation sites (N-methyl/N-ethyl adjacent to an activating group) is 1. The van der Waals surface area contributed by atoms with Crippen molar-refractivity contribution in [2.24, 2.45) is 0 Å². The van der Waals surface area contributed by atoms with Crippen LogP contribution in [0.25, 0.3) is 0 Å². The Balaban J connectivity index is 2.79. The lowest BCUT2D eigenvalue weighted by Crippen LogP contribution is -2.31. The highest BCUT2D eigenvalue weighted by Gasteiger charge is 2.13. The molecule has 0 saturated heterocycles. The highest BCUT2D eigenvalue weighted by atomic mass is 16.5. The molecule has 0 spiro atoms. The Labute approximate surface area is 115 Å². The van der Waals surface area contributed by atoms with Crippen LogP contribution in [-0.4, -0.2) is 45.1 Å². The number of carbonyl (C=O) groups is 1. The SMILES string of the molecule is COc1cc(C(C)C)ccc1C(=O)NCCN(C)C. The molecule has 0 aliphatic carbocycles. The van der Waals surface area contributed by atoms with Crippen LogP contribution in [0.2, 0.25) is 0 Å². The summed E-state index contributed by atoms with van der Waals surface area (Å²) in [6, 6.07) is 5.75. The normalized spacial score (nSPS) is 10.9. The van der Waals surface area contributed by atoms with E-state index in [1.807, 2.05) is 37.2 Å². The van der Waals surface area contributed by atoms with E-state index in [1.165, 1.54) is 5.56 Å². The first-order chi connectivity index (χ1) is 8.95. The molecule has 1 N–H and O–H groups in total. The van der Waals surface area contributed by atoms with Gasteiger partial charge in [0.1, 0.15) is 5.75 Å². The van der Waals surface area contributed by atoms with Crippen LogP contribution < -0.4 is 10.1 Å². The van der Waals surface area contributed by atoms with Gasteiger partial charge in [-0.3, -0.25) is 4.79 Å². The number of carbonyl (C=O) groups excluding carboxylic acids is 1. The van der Waals surface area contributed by atoms with Gasteiger partial charge in [0.15, 0.2) is 0 Å². The van der Waals surface area contributed by atoms with E-state index >= 15 is 0 Å². The molecule has 19 heavy (non-hydrogen) atoms. The molecule has 0 aliphatic heterocycles. The molecular weight excluding hydrogens is 240 g/mol. The zero-order valence-electron chi connectivity index (χ0n) is 12.5. The first-order valence-electron chi connectivity index (χ1n) is 6.56. The van der Waals surface area contributed by atoms with Crippen LogP contribution in [0.5, 0.6) is 5.75 Å². The van der Waals surface area contributed by atoms with E-state index in [0.29, 0.717) is 23.8 Å². The maximum atomic E-state index is 12.1. The van der Waals surface area contributed by atoms with Gasteiger partial charge in [-0.15, -0.1) is 0 Å². The van der Waals surface area contributed by atoms with Crippen LogP contribution in [0.3, 0.4) is 0 Å². The van der Waals surface area contributed by atoms with E-state index < -0.39 is 0 Å². The number of hydrogen-bond acceptors (Lipinski definition) is 3. The van der Waals surface area contributed by atoms with Gasteiger partial charge in [-0.25, -0.2) is 0 Å². The molecule has 0 heterocycles. The van der Waals surface area contributed by atoms with Crippen molar-refractivity contribution in [2.75, 3.05) is 34.3 Å². The van der Waals surface area contributed by atoms with Gasteiger partial charge < -0.3 is 15.0 Å². The second-order valence-electron chi connectivity index (χ2n) is 5.17. The van der Waals surface area contributed by atoms with Crippen molar-refractivity contribution in [3.63, 3.8) is 0 Å². The van der Waals surface area contributed by atoms with Gasteiger partial charge in [-0.1, -0.05) is 19.9 Å². The zero-order chi connectivity index (χ0) is 14.4. The molecule has 1 aromatic carbocycles. The van der Waals surface area contributed by atoms with Crippen LogP contribution in [0.4, 0.5) is 0 Å². The predicted octanol–water partition coefficient (Wildman–Crippen LogP) is 2.11. The first-order valence-corrected chi connectivity index (χ1v) is 6.56. The third-order valence-corrected chi connectivity index (χ3v) is 2.98. The predicted molar refractivity (Wildman–Crippen MR) is 78.0 cm³/mol. The average Bonchev–Trinajstić information content (AvgIpc) is 2.37. The Morgan fingerprint density at radius 1 is 1.37 bits per heavy atom. The monoisotopic (exact) mass is 264 g/mol. The molecule has 1 aromatic rings. The number of benzene rings is 1. The van der Waals surface area contributed by atoms with E-state index in [9.17, 15) is 4.79 Å². The molecule has 0 atom stereocenters. The van der Waals surface area contributed by atoms with Gasteiger partial charge in [0.25, 0.3) is 5.91 Å². The lowest BCUT2D eigenvalue weighted by atomic mass is 10.0. The largest absolute Gasteiger partial charge is 0.496 e. The van der Waals surface area contributed by atoms with Crippen molar-refractivity contribution in [3.8, 4) is 5.75 Å². The van der Waals surface area contributed by atoms with Crippen LogP contribution in [0, 0.1) is 0 Å². The number of hydrogen-bond donors (Lipinski definition) is 1. The molecule has 4 nitrogen and oxygen atoms in total. The van der Waals surface area contributed by atoms with Crippen molar-refractivity contribution >= 4 is 5.91 Å². The van der Waals surface area contributed by atoms with Crippen LogP contribution in [0.15, 0.2) is 18.2 Å². The Morgan fingerprint density at radius 3 is 2.58 bits per heavy atom. The minimum atomic E-state index is -0.0889. The van der Waals surface area contributed by atoms with Gasteiger partial charge in [0.2, 0.25) is 0 Å². The minimum absolute atomic E-state index is 0.0889. The topological polar surface area (TPSA) is 41.6 Å². The van der Waals surface area contributed by atoms with E-state index in [2.05, 4.69) is 19.2 Å². The highest BCUT2D eigenvalue weighted by molar-refractivity contribution is 5.97. The number of nitrogens with zero attached hydrogens (tertiary/aromatic N) is 1. The number of rotatable bonds is 6. The summed E-state index contributed by atoms with van der Waals surface area (Å²) >= 11 is 0. The maximum Gasteiger partial charge on any atom is 0.255 e. The third-order valence-electron chi connectivity index (χ3n) is 2.98. The van der Waals surface area contributed by atoms with Crippen LogP contribution in [0.1, 0.15) is 35.7 Å². The smallest absolute Gasteiger partial charge is 0.255 e. The van der Waals surface area contributed by atoms with Gasteiger partial charge >= 0.3 is 0 Å². The summed E-state index contributed by atoms with van der Waals surface area (Å²) < 4.78 is 5.31. The first kappa shape index (κ1) is 15.5. The number of nitrogens with one attached hydrogen (secondary N) is 1. The van der Waals surface area contributed by atoms with Gasteiger partial charge in [-0.05, 0) is 37.7 Å². The van der Waals surface area contributed by atoms with Crippen LogP contribution >= 0.6 is 0 Å². The second kappa shape index (κ2) is 7.14. The molecule has 0 saturated carbocycles. The van der Waals surface area contributed by atoms with Crippen molar-refractivity contribution < 1.29 is 9.53 Å². The standard InChI is InChI=1S/C15H24N2O2/c1-11(2)12-6-7-13(14(10-12)19-5)15(18)16-8-9-17(3)4/h6-7,10-11H,8-9H2,1-5H3,(H,16,18). The highest BCUT2D eigenvalue weighted by Crippen LogP contribution is 2.24. The third kappa shape index (κ3) is 4.56. The summed E-state index contributed by atoms with van der Waals surface area (Å²) in [6.45, 7) is 5.68. The molecule has 1 amide bonds. The lowest BCUT2D eigenvalue weighted by molar-refractivity contribution is 0.0948. The summed E-state index contributed by atoms with van der Waals surface area (Å²) in [4.78, 5) is 14.1. The quantitative estimate of drug-likeness (QED) is 0.855. The molecule has 4 heteroatoms. The minimum Gasteiger partial charge on any atom is -0.496 e. The van der Waals surface area contributed by atoms with Crippen molar-refractivity contribution in [3.05, 3.63) is 29.3 Å². The summed E-state index contributed by atoms with van der Waals surface area (Å²) in [5.41, 5.74) is 1.76. The van der Waals surface area contributed by atoms with E-state index in [4.69, 9.17) is 4.74 Å². The molecule has 0 radical (unpaired) electrons. The fourth-order valence-corrected chi connectivity index (χ4v) is 1.74. The van der Waals surface area contributed by atoms with E-state index in [1.54, 1.807) is 7.11 Å². The summed E-state index contributed by atoms with van der Waals surface area (Å²) in [7, 11) is 5.55. The molecule has 106 valence electrons. The lowest BCUT2D eigenvalue weighted by Gasteiger charge is -2.14. The van der Waals surface area contributed by atoms with Gasteiger partial charge in [-0.2, -0.15) is 0 Å². The van der Waals surface area contributed by atoms with E-state index in [0.717, 1.165) is 6.54 Å². The summed E-state index contributed by atoms with van der Waals surface area (Å²) in [5.74, 6) is 0.960. The van der Waals surface area contributed by atoms with Gasteiger partial charge in [0.05, 0.1) is 12.7 Å². The van der Waals surface area contributed by atoms with Crippen molar-refractivity contribution in [1.82, 2.24) is 10.2 Å². The molecule has 0 bridgehead atoms. The maximum absolute atomic E-state index is 12.1. The Kier molecular flexibility index (Phi) is 5.83. The zero-order valence-corrected chi connectivity index (χ0v) is 12.5. The molecule has 0 aliphatic rings. The molecule has 0 fully saturated rings. The molecule has 0 aromatic heterocycles. The van der Waals surface area contributed by atoms with E-state index in [-0.39, 0.29) is 5.91 Å². The van der Waals surface area contributed by atoms with Crippen molar-refractivity contribution in [2.45, 2.75) is 19.8 Å². The Morgan fingerprint density at radius 2 is 2.05 bits per heavy atom. The number of amides is 1. The number of ether oxygens (including phenoxy) is 1. The fourth-order valence-electron chi connectivity index (χ4n) is 1.74. The average molecular weight is 264 g/mol. The molecule has 0 unspecified atom stereocenters. The van der Waals surface area contributed by atoms with Gasteiger partial charge in [0, 0.05) is 13.1 Å². The fraction of sp³-hybridized carbons (Fsp3) is 0.533. The van der Waals surface area contributed by atoms with Crippen LogP contribution in [-0.2, 0) is 0 Å². The summed E-state index contributed by atoms with van der Waals surface area (Å²) in [5, 5.41) is 2.89. The molecular formula is C15H24N2O2. The number of methoxy groups -OCH3 is 1.